The highest BCUT2D eigenvalue weighted by atomic mass is 32.2. The first-order valence-corrected chi connectivity index (χ1v) is 8.44. The van der Waals surface area contributed by atoms with Gasteiger partial charge in [-0.15, -0.1) is 0 Å². The fourth-order valence-electron chi connectivity index (χ4n) is 1.75. The van der Waals surface area contributed by atoms with Crippen molar-refractivity contribution in [3.05, 3.63) is 29.8 Å². The van der Waals surface area contributed by atoms with Gasteiger partial charge < -0.3 is 5.32 Å². The predicted octanol–water partition coefficient (Wildman–Crippen LogP) is 2.37. The highest BCUT2D eigenvalue weighted by Gasteiger charge is 2.10. The minimum atomic E-state index is -3.28. The van der Waals surface area contributed by atoms with Crippen molar-refractivity contribution < 1.29 is 13.2 Å². The van der Waals surface area contributed by atoms with Crippen molar-refractivity contribution >= 4 is 21.6 Å². The van der Waals surface area contributed by atoms with Gasteiger partial charge >= 0.3 is 0 Å². The summed E-state index contributed by atoms with van der Waals surface area (Å²) < 4.78 is 25.3. The van der Waals surface area contributed by atoms with Gasteiger partial charge in [0.25, 0.3) is 5.91 Å². The van der Waals surface area contributed by atoms with Crippen molar-refractivity contribution in [2.75, 3.05) is 10.5 Å². The van der Waals surface area contributed by atoms with Crippen molar-refractivity contribution in [1.82, 2.24) is 5.32 Å². The van der Waals surface area contributed by atoms with Crippen LogP contribution in [0.2, 0.25) is 0 Å². The lowest BCUT2D eigenvalue weighted by molar-refractivity contribution is 0.0938. The van der Waals surface area contributed by atoms with Crippen LogP contribution in [0.4, 0.5) is 5.69 Å². The van der Waals surface area contributed by atoms with Crippen LogP contribution in [0.1, 0.15) is 44.0 Å². The van der Waals surface area contributed by atoms with Gasteiger partial charge in [-0.3, -0.25) is 9.52 Å². The smallest absolute Gasteiger partial charge is 0.251 e. The normalized spacial score (nSPS) is 12.8. The number of anilines is 1. The Kier molecular flexibility index (Phi) is 6.01. The van der Waals surface area contributed by atoms with Gasteiger partial charge in [0.2, 0.25) is 10.0 Å². The van der Waals surface area contributed by atoms with Gasteiger partial charge in [0.15, 0.2) is 0 Å². The van der Waals surface area contributed by atoms with Gasteiger partial charge in [0, 0.05) is 17.3 Å². The molecule has 1 rings (SSSR count). The maximum atomic E-state index is 11.9. The SMILES string of the molecule is CCC[C@@H](C)NC(=O)c1ccc(NS(=O)(=O)CC)cc1. The average Bonchev–Trinajstić information content (AvgIpc) is 2.39. The molecule has 1 aromatic carbocycles. The number of carbonyl (C=O) groups excluding carboxylic acids is 1. The van der Waals surface area contributed by atoms with E-state index in [0.29, 0.717) is 11.3 Å². The van der Waals surface area contributed by atoms with Crippen molar-refractivity contribution in [2.24, 2.45) is 0 Å². The Morgan fingerprint density at radius 1 is 1.20 bits per heavy atom. The summed E-state index contributed by atoms with van der Waals surface area (Å²) in [6.07, 6.45) is 1.94. The summed E-state index contributed by atoms with van der Waals surface area (Å²) in [6, 6.07) is 6.54. The van der Waals surface area contributed by atoms with Crippen LogP contribution in [0, 0.1) is 0 Å². The summed E-state index contributed by atoms with van der Waals surface area (Å²) in [5, 5.41) is 2.90. The minimum Gasteiger partial charge on any atom is -0.350 e. The highest BCUT2D eigenvalue weighted by molar-refractivity contribution is 7.92. The van der Waals surface area contributed by atoms with Crippen molar-refractivity contribution in [2.45, 2.75) is 39.7 Å². The molecular formula is C14H22N2O3S. The lowest BCUT2D eigenvalue weighted by Gasteiger charge is -2.13. The number of carbonyl (C=O) groups is 1. The first kappa shape index (κ1) is 16.5. The lowest BCUT2D eigenvalue weighted by atomic mass is 10.1. The Morgan fingerprint density at radius 3 is 2.30 bits per heavy atom. The highest BCUT2D eigenvalue weighted by Crippen LogP contribution is 2.12. The van der Waals surface area contributed by atoms with Crippen LogP contribution in [-0.2, 0) is 10.0 Å². The molecule has 0 unspecified atom stereocenters. The molecule has 1 amide bonds. The van der Waals surface area contributed by atoms with Crippen LogP contribution in [-0.4, -0.2) is 26.1 Å². The van der Waals surface area contributed by atoms with Crippen LogP contribution in [0.5, 0.6) is 0 Å². The van der Waals surface area contributed by atoms with Gasteiger partial charge in [-0.1, -0.05) is 13.3 Å². The molecule has 0 heterocycles. The Labute approximate surface area is 120 Å². The number of benzene rings is 1. The molecule has 0 saturated carbocycles. The molecule has 5 nitrogen and oxygen atoms in total. The van der Waals surface area contributed by atoms with Crippen LogP contribution >= 0.6 is 0 Å². The second kappa shape index (κ2) is 7.28. The fraction of sp³-hybridized carbons (Fsp3) is 0.500. The quantitative estimate of drug-likeness (QED) is 0.811. The number of hydrogen-bond acceptors (Lipinski definition) is 3. The molecule has 6 heteroatoms. The summed E-state index contributed by atoms with van der Waals surface area (Å²) in [7, 11) is -3.28. The topological polar surface area (TPSA) is 75.3 Å². The average molecular weight is 298 g/mol. The number of amides is 1. The lowest BCUT2D eigenvalue weighted by Crippen LogP contribution is -2.32. The Hall–Kier alpha value is -1.56. The monoisotopic (exact) mass is 298 g/mol. The van der Waals surface area contributed by atoms with Crippen molar-refractivity contribution in [3.8, 4) is 0 Å². The van der Waals surface area contributed by atoms with E-state index in [-0.39, 0.29) is 17.7 Å². The minimum absolute atomic E-state index is 0.0176. The molecule has 0 aliphatic rings. The number of rotatable bonds is 7. The van der Waals surface area contributed by atoms with Gasteiger partial charge in [0.05, 0.1) is 5.75 Å². The Balaban J connectivity index is 2.69. The second-order valence-corrected chi connectivity index (χ2v) is 6.76. The van der Waals surface area contributed by atoms with E-state index in [1.165, 1.54) is 0 Å². The number of sulfonamides is 1. The molecular weight excluding hydrogens is 276 g/mol. The maximum absolute atomic E-state index is 11.9. The van der Waals surface area contributed by atoms with Gasteiger partial charge in [-0.05, 0) is 44.5 Å². The third kappa shape index (κ3) is 5.21. The molecule has 0 radical (unpaired) electrons. The molecule has 2 N–H and O–H groups in total. The maximum Gasteiger partial charge on any atom is 0.251 e. The molecule has 0 aliphatic heterocycles. The van der Waals surface area contributed by atoms with Crippen molar-refractivity contribution in [1.29, 1.82) is 0 Å². The van der Waals surface area contributed by atoms with Crippen molar-refractivity contribution in [3.63, 3.8) is 0 Å². The molecule has 1 aromatic rings. The predicted molar refractivity (Wildman–Crippen MR) is 81.4 cm³/mol. The van der Waals surface area contributed by atoms with E-state index in [4.69, 9.17) is 0 Å². The zero-order valence-electron chi connectivity index (χ0n) is 12.1. The largest absolute Gasteiger partial charge is 0.350 e. The first-order chi connectivity index (χ1) is 9.38. The van der Waals surface area contributed by atoms with Crippen LogP contribution in [0.25, 0.3) is 0 Å². The molecule has 0 aromatic heterocycles. The molecule has 112 valence electrons. The van der Waals surface area contributed by atoms with E-state index in [9.17, 15) is 13.2 Å². The van der Waals surface area contributed by atoms with E-state index in [1.54, 1.807) is 31.2 Å². The second-order valence-electron chi connectivity index (χ2n) is 4.75. The summed E-state index contributed by atoms with van der Waals surface area (Å²) in [5.41, 5.74) is 0.984. The Morgan fingerprint density at radius 2 is 1.80 bits per heavy atom. The van der Waals surface area contributed by atoms with E-state index in [2.05, 4.69) is 17.0 Å². The molecule has 0 saturated heterocycles. The summed E-state index contributed by atoms with van der Waals surface area (Å²) >= 11 is 0. The van der Waals surface area contributed by atoms with Gasteiger partial charge in [-0.25, -0.2) is 8.42 Å². The van der Waals surface area contributed by atoms with E-state index >= 15 is 0 Å². The third-order valence-corrected chi connectivity index (χ3v) is 4.21. The fourth-order valence-corrected chi connectivity index (χ4v) is 2.39. The van der Waals surface area contributed by atoms with Crippen LogP contribution < -0.4 is 10.0 Å². The van der Waals surface area contributed by atoms with Crippen LogP contribution in [0.15, 0.2) is 24.3 Å². The summed E-state index contributed by atoms with van der Waals surface area (Å²) in [4.78, 5) is 11.9. The third-order valence-electron chi connectivity index (χ3n) is 2.90. The molecule has 1 atom stereocenters. The van der Waals surface area contributed by atoms with Crippen LogP contribution in [0.3, 0.4) is 0 Å². The molecule has 0 fully saturated rings. The van der Waals surface area contributed by atoms with E-state index < -0.39 is 10.0 Å². The first-order valence-electron chi connectivity index (χ1n) is 6.79. The summed E-state index contributed by atoms with van der Waals surface area (Å²) in [5.74, 6) is -0.125. The van der Waals surface area contributed by atoms with E-state index in [1.807, 2.05) is 6.92 Å². The Bertz CT molecular complexity index is 538. The van der Waals surface area contributed by atoms with Gasteiger partial charge in [0.1, 0.15) is 0 Å². The molecule has 0 aliphatic carbocycles. The molecule has 0 spiro atoms. The number of nitrogens with one attached hydrogen (secondary N) is 2. The number of hydrogen-bond donors (Lipinski definition) is 2. The molecule has 0 bridgehead atoms. The standard InChI is InChI=1S/C14H22N2O3S/c1-4-6-11(3)15-14(17)12-7-9-13(10-8-12)16-20(18,19)5-2/h7-11,16H,4-6H2,1-3H3,(H,15,17)/t11-/m1/s1. The zero-order valence-corrected chi connectivity index (χ0v) is 13.0. The zero-order chi connectivity index (χ0) is 15.2. The van der Waals surface area contributed by atoms with Gasteiger partial charge in [-0.2, -0.15) is 0 Å². The molecule has 20 heavy (non-hydrogen) atoms. The summed E-state index contributed by atoms with van der Waals surface area (Å²) in [6.45, 7) is 5.60. The van der Waals surface area contributed by atoms with E-state index in [0.717, 1.165) is 12.8 Å².